The zero-order valence-electron chi connectivity index (χ0n) is 8.08. The van der Waals surface area contributed by atoms with Crippen LogP contribution in [0, 0.1) is 6.92 Å². The Labute approximate surface area is 86.0 Å². The van der Waals surface area contributed by atoms with Gasteiger partial charge in [-0.2, -0.15) is 0 Å². The summed E-state index contributed by atoms with van der Waals surface area (Å²) in [6, 6.07) is 6.59. The number of benzene rings is 1. The van der Waals surface area contributed by atoms with Crippen molar-refractivity contribution in [1.29, 1.82) is 0 Å². The van der Waals surface area contributed by atoms with Crippen molar-refractivity contribution in [3.8, 4) is 11.4 Å². The van der Waals surface area contributed by atoms with Crippen LogP contribution in [0.15, 0.2) is 24.3 Å². The Bertz CT molecular complexity index is 505. The number of aryl methyl sites for hydroxylation is 1. The first kappa shape index (κ1) is 9.39. The third kappa shape index (κ3) is 1.71. The molecule has 0 atom stereocenters. The Morgan fingerprint density at radius 1 is 1.47 bits per heavy atom. The normalized spacial score (nSPS) is 10.2. The minimum atomic E-state index is 0.135. The van der Waals surface area contributed by atoms with Crippen molar-refractivity contribution in [2.24, 2.45) is 0 Å². The summed E-state index contributed by atoms with van der Waals surface area (Å²) in [5.41, 5.74) is 0.674. The van der Waals surface area contributed by atoms with E-state index < -0.39 is 0 Å². The van der Waals surface area contributed by atoms with Crippen LogP contribution in [0.25, 0.3) is 5.69 Å². The van der Waals surface area contributed by atoms with Gasteiger partial charge in [-0.05, 0) is 19.1 Å². The molecule has 2 aromatic rings. The van der Waals surface area contributed by atoms with Crippen LogP contribution in [0.3, 0.4) is 0 Å². The quantitative estimate of drug-likeness (QED) is 0.742. The second-order valence-corrected chi connectivity index (χ2v) is 3.07. The minimum Gasteiger partial charge on any atom is -0.508 e. The first-order valence-electron chi connectivity index (χ1n) is 4.39. The molecule has 5 nitrogen and oxygen atoms in total. The van der Waals surface area contributed by atoms with Gasteiger partial charge in [0, 0.05) is 6.07 Å². The highest BCUT2D eigenvalue weighted by atomic mass is 16.3. The molecule has 76 valence electrons. The van der Waals surface area contributed by atoms with E-state index >= 15 is 0 Å². The number of aromatic nitrogens is 3. The SMILES string of the molecule is Cc1nc(C=O)nn1-c1cccc(O)c1. The standard InChI is InChI=1S/C10H9N3O2/c1-7-11-10(6-14)12-13(7)8-3-2-4-9(15)5-8/h2-6,15H,1H3. The number of rotatable bonds is 2. The molecule has 0 saturated heterocycles. The number of carbonyl (C=O) groups excluding carboxylic acids is 1. The Morgan fingerprint density at radius 3 is 2.87 bits per heavy atom. The van der Waals surface area contributed by atoms with Gasteiger partial charge in [-0.25, -0.2) is 9.67 Å². The summed E-state index contributed by atoms with van der Waals surface area (Å²) in [5, 5.41) is 13.3. The summed E-state index contributed by atoms with van der Waals surface area (Å²) in [4.78, 5) is 14.4. The van der Waals surface area contributed by atoms with E-state index in [4.69, 9.17) is 0 Å². The minimum absolute atomic E-state index is 0.135. The van der Waals surface area contributed by atoms with Crippen molar-refractivity contribution in [2.45, 2.75) is 6.92 Å². The molecule has 1 aromatic carbocycles. The van der Waals surface area contributed by atoms with Crippen LogP contribution < -0.4 is 0 Å². The third-order valence-corrected chi connectivity index (χ3v) is 1.97. The van der Waals surface area contributed by atoms with Crippen molar-refractivity contribution >= 4 is 6.29 Å². The van der Waals surface area contributed by atoms with E-state index in [2.05, 4.69) is 10.1 Å². The first-order chi connectivity index (χ1) is 7.20. The number of hydrogen-bond acceptors (Lipinski definition) is 4. The summed E-state index contributed by atoms with van der Waals surface area (Å²) in [6.45, 7) is 1.74. The topological polar surface area (TPSA) is 68.0 Å². The summed E-state index contributed by atoms with van der Waals surface area (Å²) in [6.07, 6.45) is 0.590. The molecule has 0 aliphatic heterocycles. The molecule has 1 aromatic heterocycles. The largest absolute Gasteiger partial charge is 0.508 e. The third-order valence-electron chi connectivity index (χ3n) is 1.97. The molecule has 0 fully saturated rings. The van der Waals surface area contributed by atoms with E-state index in [1.165, 1.54) is 4.68 Å². The lowest BCUT2D eigenvalue weighted by Gasteiger charge is -2.02. The van der Waals surface area contributed by atoms with Crippen LogP contribution in [0.4, 0.5) is 0 Å². The van der Waals surface area contributed by atoms with Crippen LogP contribution in [0.1, 0.15) is 16.4 Å². The zero-order chi connectivity index (χ0) is 10.8. The first-order valence-corrected chi connectivity index (χ1v) is 4.39. The number of phenols is 1. The maximum atomic E-state index is 10.5. The van der Waals surface area contributed by atoms with E-state index in [0.717, 1.165) is 0 Å². The lowest BCUT2D eigenvalue weighted by molar-refractivity contribution is 0.111. The number of aldehydes is 1. The van der Waals surface area contributed by atoms with Gasteiger partial charge >= 0.3 is 0 Å². The number of hydrogen-bond donors (Lipinski definition) is 1. The molecule has 0 bridgehead atoms. The van der Waals surface area contributed by atoms with E-state index in [0.29, 0.717) is 17.8 Å². The van der Waals surface area contributed by atoms with Crippen molar-refractivity contribution in [1.82, 2.24) is 14.8 Å². The van der Waals surface area contributed by atoms with Crippen molar-refractivity contribution in [2.75, 3.05) is 0 Å². The smallest absolute Gasteiger partial charge is 0.214 e. The highest BCUT2D eigenvalue weighted by Gasteiger charge is 2.06. The second-order valence-electron chi connectivity index (χ2n) is 3.07. The van der Waals surface area contributed by atoms with Crippen LogP contribution in [0.5, 0.6) is 5.75 Å². The number of nitrogens with zero attached hydrogens (tertiary/aromatic N) is 3. The van der Waals surface area contributed by atoms with Gasteiger partial charge in [0.15, 0.2) is 6.29 Å². The fourth-order valence-corrected chi connectivity index (χ4v) is 1.33. The van der Waals surface area contributed by atoms with Gasteiger partial charge in [-0.3, -0.25) is 4.79 Å². The Kier molecular flexibility index (Phi) is 2.21. The lowest BCUT2D eigenvalue weighted by atomic mass is 10.3. The van der Waals surface area contributed by atoms with Crippen LogP contribution >= 0.6 is 0 Å². The molecule has 0 radical (unpaired) electrons. The molecular formula is C10H9N3O2. The van der Waals surface area contributed by atoms with Crippen LogP contribution in [-0.2, 0) is 0 Å². The molecule has 0 unspecified atom stereocenters. The van der Waals surface area contributed by atoms with Gasteiger partial charge in [0.2, 0.25) is 5.82 Å². The molecule has 0 spiro atoms. The monoisotopic (exact) mass is 203 g/mol. The highest BCUT2D eigenvalue weighted by molar-refractivity contribution is 5.68. The highest BCUT2D eigenvalue weighted by Crippen LogP contribution is 2.15. The van der Waals surface area contributed by atoms with Crippen molar-refractivity contribution in [3.05, 3.63) is 35.9 Å². The number of carbonyl (C=O) groups is 1. The molecule has 0 aliphatic rings. The Morgan fingerprint density at radius 2 is 2.27 bits per heavy atom. The molecule has 2 rings (SSSR count). The van der Waals surface area contributed by atoms with Gasteiger partial charge in [-0.15, -0.1) is 5.10 Å². The molecule has 1 heterocycles. The fourth-order valence-electron chi connectivity index (χ4n) is 1.33. The van der Waals surface area contributed by atoms with Gasteiger partial charge in [0.25, 0.3) is 0 Å². The predicted molar refractivity (Wildman–Crippen MR) is 53.1 cm³/mol. The molecule has 0 amide bonds. The van der Waals surface area contributed by atoms with Gasteiger partial charge in [0.1, 0.15) is 11.6 Å². The van der Waals surface area contributed by atoms with E-state index in [-0.39, 0.29) is 11.6 Å². The molecule has 0 aliphatic carbocycles. The molecule has 5 heteroatoms. The van der Waals surface area contributed by atoms with E-state index in [9.17, 15) is 9.90 Å². The molecular weight excluding hydrogens is 194 g/mol. The lowest BCUT2D eigenvalue weighted by Crippen LogP contribution is -1.98. The molecule has 15 heavy (non-hydrogen) atoms. The average molecular weight is 203 g/mol. The van der Waals surface area contributed by atoms with Gasteiger partial charge in [-0.1, -0.05) is 6.07 Å². The maximum absolute atomic E-state index is 10.5. The number of phenolic OH excluding ortho intramolecular Hbond substituents is 1. The summed E-state index contributed by atoms with van der Waals surface area (Å²) in [7, 11) is 0. The van der Waals surface area contributed by atoms with Crippen molar-refractivity contribution in [3.63, 3.8) is 0 Å². The Hall–Kier alpha value is -2.17. The Balaban J connectivity index is 2.53. The van der Waals surface area contributed by atoms with Gasteiger partial charge in [0.05, 0.1) is 5.69 Å². The summed E-state index contributed by atoms with van der Waals surface area (Å²) in [5.74, 6) is 0.883. The molecule has 1 N–H and O–H groups in total. The summed E-state index contributed by atoms with van der Waals surface area (Å²) < 4.78 is 1.50. The number of aromatic hydroxyl groups is 1. The van der Waals surface area contributed by atoms with Gasteiger partial charge < -0.3 is 5.11 Å². The second kappa shape index (κ2) is 3.53. The zero-order valence-corrected chi connectivity index (χ0v) is 8.08. The van der Waals surface area contributed by atoms with E-state index in [1.807, 2.05) is 0 Å². The summed E-state index contributed by atoms with van der Waals surface area (Å²) >= 11 is 0. The van der Waals surface area contributed by atoms with Crippen molar-refractivity contribution < 1.29 is 9.90 Å². The van der Waals surface area contributed by atoms with E-state index in [1.54, 1.807) is 31.2 Å². The van der Waals surface area contributed by atoms with Crippen LogP contribution in [0.2, 0.25) is 0 Å². The van der Waals surface area contributed by atoms with Crippen LogP contribution in [-0.4, -0.2) is 26.2 Å². The predicted octanol–water partition coefficient (Wildman–Crippen LogP) is 1.09. The average Bonchev–Trinajstić information content (AvgIpc) is 2.60. The molecule has 0 saturated carbocycles. The fraction of sp³-hybridized carbons (Fsp3) is 0.100. The maximum Gasteiger partial charge on any atom is 0.214 e.